The van der Waals surface area contributed by atoms with Crippen LogP contribution in [0.15, 0.2) is 18.5 Å². The van der Waals surface area contributed by atoms with Gasteiger partial charge in [-0.3, -0.25) is 0 Å². The molecule has 0 aliphatic heterocycles. The van der Waals surface area contributed by atoms with Gasteiger partial charge in [-0.2, -0.15) is 0 Å². The molecule has 7 heteroatoms. The molecule has 0 atom stereocenters. The van der Waals surface area contributed by atoms with Gasteiger partial charge in [0.15, 0.2) is 0 Å². The van der Waals surface area contributed by atoms with Crippen LogP contribution in [0.1, 0.15) is 0 Å². The van der Waals surface area contributed by atoms with Crippen LogP contribution in [0.5, 0.6) is 0 Å². The second kappa shape index (κ2) is 4.41. The third kappa shape index (κ3) is 2.94. The Labute approximate surface area is 69.9 Å². The minimum atomic E-state index is -1.81. The first-order valence-corrected chi connectivity index (χ1v) is 2.32. The van der Waals surface area contributed by atoms with Crippen molar-refractivity contribution in [3.05, 3.63) is 18.5 Å². The molecule has 1 rings (SSSR count). The third-order valence-corrected chi connectivity index (χ3v) is 0.682. The summed E-state index contributed by atoms with van der Waals surface area (Å²) in [6.45, 7) is 0. The molecule has 50 valence electrons. The van der Waals surface area contributed by atoms with Gasteiger partial charge in [0.05, 0.1) is 12.4 Å². The predicted octanol–water partition coefficient (Wildman–Crippen LogP) is -2.37. The Morgan fingerprint density at radius 2 is 2.20 bits per heavy atom. The molecule has 0 amide bonds. The molecule has 1 heterocycles. The van der Waals surface area contributed by atoms with E-state index < -0.39 is 7.32 Å². The number of rotatable bonds is 2. The first-order chi connectivity index (χ1) is 4.29. The molecule has 0 bridgehead atoms. The molecular formula is C3H6BLiN2O3. The van der Waals surface area contributed by atoms with Gasteiger partial charge in [-0.05, 0) is 6.07 Å². The van der Waals surface area contributed by atoms with Crippen molar-refractivity contribution in [1.82, 2.24) is 9.94 Å². The van der Waals surface area contributed by atoms with Crippen LogP contribution in [-0.2, 0) is 0 Å². The van der Waals surface area contributed by atoms with Crippen LogP contribution >= 0.6 is 0 Å². The molecule has 0 aliphatic carbocycles. The Balaban J connectivity index is 0.000000810. The second-order valence-electron chi connectivity index (χ2n) is 1.34. The van der Waals surface area contributed by atoms with Crippen LogP contribution in [0.25, 0.3) is 0 Å². The zero-order valence-electron chi connectivity index (χ0n) is 4.51. The molecule has 5 nitrogen and oxygen atoms in total. The van der Waals surface area contributed by atoms with Crippen molar-refractivity contribution in [2.45, 2.75) is 0 Å². The van der Waals surface area contributed by atoms with E-state index in [0.29, 0.717) is 0 Å². The van der Waals surface area contributed by atoms with Crippen molar-refractivity contribution < 1.29 is 14.8 Å². The average molecular weight is 136 g/mol. The fraction of sp³-hybridized carbons (Fsp3) is 0. The molecule has 0 aliphatic rings. The van der Waals surface area contributed by atoms with Gasteiger partial charge in [0, 0.05) is 0 Å². The second-order valence-corrected chi connectivity index (χ2v) is 1.34. The average Bonchev–Trinajstić information content (AvgIpc) is 2.15. The molecule has 0 saturated carbocycles. The maximum atomic E-state index is 8.20. The molecule has 1 aromatic heterocycles. The number of aromatic nitrogens is 2. The van der Waals surface area contributed by atoms with Crippen LogP contribution < -0.4 is 4.76 Å². The molecule has 0 aromatic carbocycles. The Hall–Kier alpha value is -0.408. The minimum absolute atomic E-state index is 0. The molecule has 1 aromatic rings. The zero-order chi connectivity index (χ0) is 6.69. The van der Waals surface area contributed by atoms with Crippen LogP contribution in [0.4, 0.5) is 0 Å². The molecule has 0 fully saturated rings. The molecule has 2 N–H and O–H groups in total. The number of hydrogen-bond acceptors (Lipinski definition) is 4. The summed E-state index contributed by atoms with van der Waals surface area (Å²) in [4.78, 5) is 0.949. The molecule has 0 spiro atoms. The number of hydrogen-bond donors (Lipinski definition) is 2. The fourth-order valence-electron chi connectivity index (χ4n) is 0.414. The van der Waals surface area contributed by atoms with Gasteiger partial charge in [0.25, 0.3) is 0 Å². The van der Waals surface area contributed by atoms with E-state index in [1.165, 1.54) is 12.4 Å². The Kier molecular flexibility index (Phi) is 4.23. The third-order valence-electron chi connectivity index (χ3n) is 0.682. The van der Waals surface area contributed by atoms with E-state index in [2.05, 4.69) is 9.85 Å². The van der Waals surface area contributed by atoms with E-state index in [9.17, 15) is 0 Å². The van der Waals surface area contributed by atoms with Gasteiger partial charge in [0.1, 0.15) is 0 Å². The fourth-order valence-corrected chi connectivity index (χ4v) is 0.414. The van der Waals surface area contributed by atoms with E-state index >= 15 is 0 Å². The van der Waals surface area contributed by atoms with E-state index in [0.717, 1.165) is 4.85 Å². The molecule has 0 saturated heterocycles. The SMILES string of the molecule is OB(O)On1cccn1.[LiH]. The van der Waals surface area contributed by atoms with Crippen LogP contribution in [0, 0.1) is 0 Å². The van der Waals surface area contributed by atoms with Crippen LogP contribution in [0.3, 0.4) is 0 Å². The van der Waals surface area contributed by atoms with Gasteiger partial charge >= 0.3 is 26.2 Å². The van der Waals surface area contributed by atoms with Gasteiger partial charge in [-0.25, -0.2) is 0 Å². The summed E-state index contributed by atoms with van der Waals surface area (Å²) in [7, 11) is -1.81. The summed E-state index contributed by atoms with van der Waals surface area (Å²) in [5, 5.41) is 19.9. The van der Waals surface area contributed by atoms with Crippen molar-refractivity contribution >= 4 is 26.2 Å². The number of nitrogens with zero attached hydrogens (tertiary/aromatic N) is 2. The van der Waals surface area contributed by atoms with E-state index in [1.807, 2.05) is 0 Å². The first kappa shape index (κ1) is 9.59. The van der Waals surface area contributed by atoms with Gasteiger partial charge in [-0.1, -0.05) is 0 Å². The predicted molar refractivity (Wildman–Crippen MR) is 36.1 cm³/mol. The Bertz CT molecular complexity index is 168. The molecule has 0 radical (unpaired) electrons. The van der Waals surface area contributed by atoms with Crippen molar-refractivity contribution in [3.8, 4) is 0 Å². The summed E-state index contributed by atoms with van der Waals surface area (Å²) >= 11 is 0. The Morgan fingerprint density at radius 3 is 2.60 bits per heavy atom. The van der Waals surface area contributed by atoms with E-state index in [4.69, 9.17) is 10.0 Å². The molecular weight excluding hydrogens is 130 g/mol. The topological polar surface area (TPSA) is 67.5 Å². The molecule has 10 heavy (non-hydrogen) atoms. The first-order valence-electron chi connectivity index (χ1n) is 2.32. The van der Waals surface area contributed by atoms with Gasteiger partial charge in [0.2, 0.25) is 0 Å². The van der Waals surface area contributed by atoms with Crippen LogP contribution in [-0.4, -0.2) is 46.2 Å². The normalized spacial score (nSPS) is 8.20. The van der Waals surface area contributed by atoms with Crippen molar-refractivity contribution in [2.75, 3.05) is 0 Å². The van der Waals surface area contributed by atoms with Gasteiger partial charge < -0.3 is 14.8 Å². The van der Waals surface area contributed by atoms with Crippen LogP contribution in [0.2, 0.25) is 0 Å². The monoisotopic (exact) mass is 136 g/mol. The zero-order valence-corrected chi connectivity index (χ0v) is 4.51. The van der Waals surface area contributed by atoms with Crippen molar-refractivity contribution in [2.24, 2.45) is 0 Å². The molecule has 0 unspecified atom stereocenters. The summed E-state index contributed by atoms with van der Waals surface area (Å²) in [6, 6.07) is 1.60. The standard InChI is InChI=1S/C3H5BN2O3.Li.H/c7-4(8)9-6-3-1-2-5-6;;/h1-3,7-8H;;. The Morgan fingerprint density at radius 1 is 1.50 bits per heavy atom. The summed E-state index contributed by atoms with van der Waals surface area (Å²) in [5.74, 6) is 0. The van der Waals surface area contributed by atoms with Crippen molar-refractivity contribution in [1.29, 1.82) is 0 Å². The summed E-state index contributed by atoms with van der Waals surface area (Å²) < 4.78 is 4.27. The maximum absolute atomic E-state index is 8.20. The summed E-state index contributed by atoms with van der Waals surface area (Å²) in [5.41, 5.74) is 0. The van der Waals surface area contributed by atoms with E-state index in [1.54, 1.807) is 6.07 Å². The van der Waals surface area contributed by atoms with E-state index in [-0.39, 0.29) is 18.9 Å². The van der Waals surface area contributed by atoms with Crippen molar-refractivity contribution in [3.63, 3.8) is 0 Å². The summed E-state index contributed by atoms with van der Waals surface area (Å²) in [6.07, 6.45) is 2.90. The quantitative estimate of drug-likeness (QED) is 0.446. The van der Waals surface area contributed by atoms with Gasteiger partial charge in [-0.15, -0.1) is 9.94 Å².